The van der Waals surface area contributed by atoms with E-state index in [4.69, 9.17) is 9.47 Å². The Balaban J connectivity index is 1.85. The molecule has 1 aromatic rings. The fourth-order valence-electron chi connectivity index (χ4n) is 2.13. The Hall–Kier alpha value is -1.88. The van der Waals surface area contributed by atoms with Gasteiger partial charge in [0.2, 0.25) is 0 Å². The van der Waals surface area contributed by atoms with Gasteiger partial charge in [-0.25, -0.2) is 5.43 Å². The van der Waals surface area contributed by atoms with Crippen molar-refractivity contribution in [1.29, 1.82) is 0 Å². The Morgan fingerprint density at radius 2 is 2.29 bits per heavy atom. The van der Waals surface area contributed by atoms with Crippen molar-refractivity contribution in [3.05, 3.63) is 21.3 Å². The molecule has 1 saturated heterocycles. The third-order valence-electron chi connectivity index (χ3n) is 3.37. The third-order valence-corrected chi connectivity index (χ3v) is 4.19. The standard InChI is InChI=1S/C15H18IN3O5/c1-23-12-6-9(5-11(16)13(12)20)7-18-19-15(22)14(21)17-8-10-3-2-4-24-10/h5-7,10,20H,2-4,8H2,1H3,(H,17,21)(H,19,22)/b18-7-/t10-/m0/s1. The lowest BCUT2D eigenvalue weighted by atomic mass is 10.2. The first-order valence-corrected chi connectivity index (χ1v) is 8.38. The lowest BCUT2D eigenvalue weighted by molar-refractivity contribution is -0.139. The van der Waals surface area contributed by atoms with Crippen LogP contribution in [0.2, 0.25) is 0 Å². The summed E-state index contributed by atoms with van der Waals surface area (Å²) in [4.78, 5) is 23.3. The Labute approximate surface area is 152 Å². The predicted octanol–water partition coefficient (Wildman–Crippen LogP) is 0.751. The third kappa shape index (κ3) is 5.06. The molecule has 1 aliphatic rings. The van der Waals surface area contributed by atoms with Crippen molar-refractivity contribution in [3.8, 4) is 11.5 Å². The molecule has 0 bridgehead atoms. The Morgan fingerprint density at radius 1 is 1.50 bits per heavy atom. The van der Waals surface area contributed by atoms with Gasteiger partial charge in [-0.05, 0) is 53.1 Å². The molecule has 2 rings (SSSR count). The molecule has 1 fully saturated rings. The fraction of sp³-hybridized carbons (Fsp3) is 0.400. The zero-order chi connectivity index (χ0) is 17.5. The number of aromatic hydroxyl groups is 1. The zero-order valence-electron chi connectivity index (χ0n) is 13.0. The van der Waals surface area contributed by atoms with Crippen LogP contribution in [0.1, 0.15) is 18.4 Å². The molecule has 1 aromatic carbocycles. The summed E-state index contributed by atoms with van der Waals surface area (Å²) in [5.74, 6) is -1.29. The van der Waals surface area contributed by atoms with Crippen molar-refractivity contribution in [2.24, 2.45) is 5.10 Å². The summed E-state index contributed by atoms with van der Waals surface area (Å²) < 4.78 is 11.0. The number of halogens is 1. The number of hydrogen-bond acceptors (Lipinski definition) is 6. The smallest absolute Gasteiger partial charge is 0.329 e. The molecular formula is C15H18IN3O5. The zero-order valence-corrected chi connectivity index (χ0v) is 15.2. The first kappa shape index (κ1) is 18.5. The highest BCUT2D eigenvalue weighted by atomic mass is 127. The predicted molar refractivity (Wildman–Crippen MR) is 95.1 cm³/mol. The van der Waals surface area contributed by atoms with Crippen LogP contribution in [-0.2, 0) is 14.3 Å². The van der Waals surface area contributed by atoms with Crippen LogP contribution in [0.5, 0.6) is 11.5 Å². The van der Waals surface area contributed by atoms with E-state index >= 15 is 0 Å². The van der Waals surface area contributed by atoms with Crippen molar-refractivity contribution in [2.45, 2.75) is 18.9 Å². The molecule has 0 radical (unpaired) electrons. The van der Waals surface area contributed by atoms with E-state index in [0.717, 1.165) is 12.8 Å². The van der Waals surface area contributed by atoms with Gasteiger partial charge in [0.15, 0.2) is 11.5 Å². The van der Waals surface area contributed by atoms with Crippen LogP contribution in [0.3, 0.4) is 0 Å². The number of phenolic OH excluding ortho intramolecular Hbond substituents is 1. The number of methoxy groups -OCH3 is 1. The van der Waals surface area contributed by atoms with Crippen LogP contribution >= 0.6 is 22.6 Å². The van der Waals surface area contributed by atoms with E-state index in [0.29, 0.717) is 28.0 Å². The molecule has 8 nitrogen and oxygen atoms in total. The number of nitrogens with zero attached hydrogens (tertiary/aromatic N) is 1. The normalized spacial score (nSPS) is 17.0. The Bertz CT molecular complexity index is 644. The van der Waals surface area contributed by atoms with E-state index in [9.17, 15) is 14.7 Å². The number of rotatable bonds is 5. The fourth-order valence-corrected chi connectivity index (χ4v) is 2.76. The first-order chi connectivity index (χ1) is 11.5. The Morgan fingerprint density at radius 3 is 2.96 bits per heavy atom. The molecule has 0 aromatic heterocycles. The minimum absolute atomic E-state index is 0.0308. The van der Waals surface area contributed by atoms with Gasteiger partial charge in [-0.15, -0.1) is 0 Å². The molecular weight excluding hydrogens is 429 g/mol. The number of carbonyl (C=O) groups is 2. The van der Waals surface area contributed by atoms with Crippen LogP contribution in [0.25, 0.3) is 0 Å². The van der Waals surface area contributed by atoms with Gasteiger partial charge in [0.25, 0.3) is 0 Å². The second kappa shape index (κ2) is 8.83. The molecule has 0 aliphatic carbocycles. The maximum atomic E-state index is 11.6. The van der Waals surface area contributed by atoms with Crippen LogP contribution in [0, 0.1) is 3.57 Å². The average molecular weight is 447 g/mol. The number of carbonyl (C=O) groups excluding carboxylic acids is 2. The Kier molecular flexibility index (Phi) is 6.79. The van der Waals surface area contributed by atoms with Crippen LogP contribution in [-0.4, -0.2) is 49.5 Å². The molecule has 1 heterocycles. The van der Waals surface area contributed by atoms with E-state index in [2.05, 4.69) is 15.8 Å². The van der Waals surface area contributed by atoms with E-state index in [1.807, 2.05) is 22.6 Å². The van der Waals surface area contributed by atoms with Gasteiger partial charge in [0, 0.05) is 13.2 Å². The summed E-state index contributed by atoms with van der Waals surface area (Å²) in [6.45, 7) is 0.995. The number of hydrazone groups is 1. The van der Waals surface area contributed by atoms with E-state index < -0.39 is 11.8 Å². The molecule has 2 amide bonds. The van der Waals surface area contributed by atoms with Crippen molar-refractivity contribution < 1.29 is 24.2 Å². The molecule has 0 unspecified atom stereocenters. The molecule has 0 spiro atoms. The van der Waals surface area contributed by atoms with Gasteiger partial charge >= 0.3 is 11.8 Å². The largest absolute Gasteiger partial charge is 0.504 e. The number of hydrogen-bond donors (Lipinski definition) is 3. The molecule has 1 aliphatic heterocycles. The number of ether oxygens (including phenoxy) is 2. The maximum Gasteiger partial charge on any atom is 0.329 e. The molecule has 3 N–H and O–H groups in total. The number of nitrogens with one attached hydrogen (secondary N) is 2. The van der Waals surface area contributed by atoms with Crippen LogP contribution < -0.4 is 15.5 Å². The first-order valence-electron chi connectivity index (χ1n) is 7.30. The summed E-state index contributed by atoms with van der Waals surface area (Å²) in [7, 11) is 1.44. The summed E-state index contributed by atoms with van der Waals surface area (Å²) in [6.07, 6.45) is 3.17. The van der Waals surface area contributed by atoms with Crippen molar-refractivity contribution in [2.75, 3.05) is 20.3 Å². The molecule has 0 saturated carbocycles. The van der Waals surface area contributed by atoms with E-state index in [1.165, 1.54) is 13.3 Å². The minimum atomic E-state index is -0.857. The summed E-state index contributed by atoms with van der Waals surface area (Å²) >= 11 is 1.95. The van der Waals surface area contributed by atoms with Crippen molar-refractivity contribution >= 4 is 40.6 Å². The van der Waals surface area contributed by atoms with Gasteiger partial charge in [-0.3, -0.25) is 9.59 Å². The molecule has 130 valence electrons. The highest BCUT2D eigenvalue weighted by Crippen LogP contribution is 2.31. The van der Waals surface area contributed by atoms with Gasteiger partial charge in [-0.1, -0.05) is 0 Å². The average Bonchev–Trinajstić information content (AvgIpc) is 3.09. The highest BCUT2D eigenvalue weighted by molar-refractivity contribution is 14.1. The lowest BCUT2D eigenvalue weighted by Gasteiger charge is -2.09. The minimum Gasteiger partial charge on any atom is -0.504 e. The van der Waals surface area contributed by atoms with Gasteiger partial charge < -0.3 is 19.9 Å². The quantitative estimate of drug-likeness (QED) is 0.267. The van der Waals surface area contributed by atoms with E-state index in [1.54, 1.807) is 12.1 Å². The summed E-state index contributed by atoms with van der Waals surface area (Å²) in [6, 6.07) is 3.22. The van der Waals surface area contributed by atoms with Gasteiger partial charge in [0.05, 0.1) is 23.0 Å². The monoisotopic (exact) mass is 447 g/mol. The molecule has 1 atom stereocenters. The molecule has 9 heteroatoms. The lowest BCUT2D eigenvalue weighted by Crippen LogP contribution is -2.41. The van der Waals surface area contributed by atoms with Crippen molar-refractivity contribution in [1.82, 2.24) is 10.7 Å². The summed E-state index contributed by atoms with van der Waals surface area (Å²) in [5.41, 5.74) is 2.76. The second-order valence-electron chi connectivity index (χ2n) is 5.10. The summed E-state index contributed by atoms with van der Waals surface area (Å²) in [5, 5.41) is 16.0. The SMILES string of the molecule is COc1cc(/C=N\NC(=O)C(=O)NC[C@@H]2CCCO2)cc(I)c1O. The van der Waals surface area contributed by atoms with Crippen LogP contribution in [0.15, 0.2) is 17.2 Å². The topological polar surface area (TPSA) is 109 Å². The highest BCUT2D eigenvalue weighted by Gasteiger charge is 2.19. The molecule has 24 heavy (non-hydrogen) atoms. The number of benzene rings is 1. The van der Waals surface area contributed by atoms with Crippen LogP contribution in [0.4, 0.5) is 0 Å². The number of amides is 2. The van der Waals surface area contributed by atoms with Crippen molar-refractivity contribution in [3.63, 3.8) is 0 Å². The maximum absolute atomic E-state index is 11.6. The van der Waals surface area contributed by atoms with E-state index in [-0.39, 0.29) is 11.9 Å². The second-order valence-corrected chi connectivity index (χ2v) is 6.26. The number of phenols is 1. The van der Waals surface area contributed by atoms with Gasteiger partial charge in [0.1, 0.15) is 0 Å². The van der Waals surface area contributed by atoms with Gasteiger partial charge in [-0.2, -0.15) is 5.10 Å².